The van der Waals surface area contributed by atoms with Crippen LogP contribution >= 0.6 is 0 Å². The van der Waals surface area contributed by atoms with Gasteiger partial charge in [0.05, 0.1) is 32.7 Å². The van der Waals surface area contributed by atoms with Crippen molar-refractivity contribution in [1.82, 2.24) is 4.57 Å². The van der Waals surface area contributed by atoms with Gasteiger partial charge in [0, 0.05) is 61.4 Å². The Hall–Kier alpha value is -17.7. The van der Waals surface area contributed by atoms with E-state index >= 15 is 0 Å². The molecule has 0 saturated heterocycles. The minimum absolute atomic E-state index is 0.479. The van der Waals surface area contributed by atoms with Gasteiger partial charge in [-0.05, 0) is 260 Å². The Morgan fingerprint density at radius 2 is 0.514 bits per heavy atom. The van der Waals surface area contributed by atoms with Crippen LogP contribution in [0, 0.1) is 0 Å². The highest BCUT2D eigenvalue weighted by Crippen LogP contribution is 2.69. The van der Waals surface area contributed by atoms with Gasteiger partial charge in [-0.25, -0.2) is 0 Å². The van der Waals surface area contributed by atoms with Crippen LogP contribution in [0.1, 0.15) is 89.0 Å². The predicted molar refractivity (Wildman–Crippen MR) is 571 cm³/mol. The first-order chi connectivity index (χ1) is 68.4. The van der Waals surface area contributed by atoms with Crippen molar-refractivity contribution in [3.63, 3.8) is 0 Å². The molecule has 646 valence electrons. The molecule has 4 aliphatic rings. The molecule has 4 heteroatoms. The van der Waals surface area contributed by atoms with Crippen LogP contribution in [0.2, 0.25) is 0 Å². The second-order valence-corrected chi connectivity index (χ2v) is 37.1. The van der Waals surface area contributed by atoms with Crippen LogP contribution in [0.15, 0.2) is 544 Å². The van der Waals surface area contributed by atoms with E-state index in [0.29, 0.717) is 0 Å². The Labute approximate surface area is 802 Å². The van der Waals surface area contributed by atoms with Gasteiger partial charge in [0.2, 0.25) is 0 Å². The fourth-order valence-electron chi connectivity index (χ4n) is 24.7. The van der Waals surface area contributed by atoms with Gasteiger partial charge in [-0.15, -0.1) is 0 Å². The van der Waals surface area contributed by atoms with Crippen molar-refractivity contribution >= 4 is 88.6 Å². The summed E-state index contributed by atoms with van der Waals surface area (Å²) >= 11 is 0. The molecule has 4 aliphatic carbocycles. The Morgan fingerprint density at radius 3 is 1.04 bits per heavy atom. The van der Waals surface area contributed by atoms with E-state index in [1.165, 1.54) is 155 Å². The van der Waals surface area contributed by atoms with E-state index in [1.54, 1.807) is 0 Å². The molecule has 0 saturated carbocycles. The summed E-state index contributed by atoms with van der Waals surface area (Å²) < 4.78 is 8.57. The maximum atomic E-state index is 6.15. The third kappa shape index (κ3) is 11.9. The summed E-state index contributed by atoms with van der Waals surface area (Å²) in [5, 5.41) is 7.16. The highest BCUT2D eigenvalue weighted by atomic mass is 16.3. The number of furan rings is 1. The number of fused-ring (bicyclic) bond motifs is 17. The molecule has 0 fully saturated rings. The summed E-state index contributed by atoms with van der Waals surface area (Å²) in [6, 6.07) is 200. The third-order valence-electron chi connectivity index (χ3n) is 30.3. The molecule has 4 atom stereocenters. The van der Waals surface area contributed by atoms with Crippen molar-refractivity contribution in [2.24, 2.45) is 0 Å². The largest absolute Gasteiger partial charge is 0.456 e. The lowest BCUT2D eigenvalue weighted by atomic mass is 9.52. The van der Waals surface area contributed by atoms with E-state index in [0.717, 1.165) is 72.9 Å². The second-order valence-electron chi connectivity index (χ2n) is 37.1. The van der Waals surface area contributed by atoms with Crippen molar-refractivity contribution in [2.75, 3.05) is 9.80 Å². The number of hydrogen-bond acceptors (Lipinski definition) is 3. The van der Waals surface area contributed by atoms with Crippen LogP contribution in [-0.4, -0.2) is 4.57 Å². The van der Waals surface area contributed by atoms with Gasteiger partial charge in [0.1, 0.15) is 11.2 Å². The molecular formula is C134H89N3O. The number of nitrogens with zero attached hydrogens (tertiary/aromatic N) is 3. The van der Waals surface area contributed by atoms with Crippen LogP contribution in [0.5, 0.6) is 0 Å². The Bertz CT molecular complexity index is 8860. The average molecular weight is 1760 g/mol. The summed E-state index contributed by atoms with van der Waals surface area (Å²) in [6.45, 7) is 0. The monoisotopic (exact) mass is 1760 g/mol. The maximum absolute atomic E-state index is 6.15. The second kappa shape index (κ2) is 32.0. The summed E-state index contributed by atoms with van der Waals surface area (Å²) in [7, 11) is 0. The van der Waals surface area contributed by atoms with Crippen LogP contribution in [-0.2, 0) is 21.7 Å². The van der Waals surface area contributed by atoms with E-state index in [-0.39, 0.29) is 0 Å². The lowest BCUT2D eigenvalue weighted by Gasteiger charge is -2.49. The minimum Gasteiger partial charge on any atom is -0.456 e. The van der Waals surface area contributed by atoms with Gasteiger partial charge in [0.25, 0.3) is 0 Å². The van der Waals surface area contributed by atoms with Crippen molar-refractivity contribution in [2.45, 2.75) is 21.7 Å². The van der Waals surface area contributed by atoms with Crippen molar-refractivity contribution in [1.29, 1.82) is 0 Å². The zero-order valence-corrected chi connectivity index (χ0v) is 75.6. The molecule has 4 nitrogen and oxygen atoms in total. The molecular weight excluding hydrogens is 1670 g/mol. The van der Waals surface area contributed by atoms with Gasteiger partial charge in [-0.1, -0.05) is 425 Å². The van der Waals surface area contributed by atoms with Crippen molar-refractivity contribution in [3.05, 3.63) is 629 Å². The van der Waals surface area contributed by atoms with E-state index in [9.17, 15) is 0 Å². The fourth-order valence-corrected chi connectivity index (χ4v) is 24.7. The number of aromatic nitrogens is 1. The van der Waals surface area contributed by atoms with Crippen LogP contribution in [0.4, 0.5) is 34.1 Å². The van der Waals surface area contributed by atoms with Crippen molar-refractivity contribution < 1.29 is 4.42 Å². The molecule has 0 spiro atoms. The SMILES string of the molecule is c1ccc(-c2ccc(N(c3ccc(C4(c5ccccc5)c5ccccc5C5(c6ccccc6)c6ccccc6-c6cccc4c65)cc3)c3ccc4c(c3)c3ccccc3n4-c3ccc4ccccc4c3)cc2)cc1.c1ccc(N(c2ccc(-c3ccc4oc5ccccc5c4c3)cc2)c2ccc(C3(c4ccccc4)c4ccccc4C4(c5ccccc5)c5ccccc5-c5cccc3c54)cc2)cc1. The summed E-state index contributed by atoms with van der Waals surface area (Å²) in [5.74, 6) is 0. The highest BCUT2D eigenvalue weighted by Gasteiger charge is 2.60. The normalized spacial score (nSPS) is 16.5. The minimum atomic E-state index is -0.645. The molecule has 0 radical (unpaired) electrons. The molecule has 0 N–H and O–H groups in total. The maximum Gasteiger partial charge on any atom is 0.135 e. The average Bonchev–Trinajstić information content (AvgIpc) is 1.45. The number of benzene rings is 22. The number of anilines is 6. The summed E-state index contributed by atoms with van der Waals surface area (Å²) in [4.78, 5) is 4.79. The van der Waals surface area contributed by atoms with Gasteiger partial charge in [-0.2, -0.15) is 0 Å². The zero-order valence-electron chi connectivity index (χ0n) is 75.6. The Kier molecular flexibility index (Phi) is 18.6. The molecule has 24 aromatic rings. The zero-order chi connectivity index (χ0) is 91.0. The predicted octanol–water partition coefficient (Wildman–Crippen LogP) is 33.9. The molecule has 138 heavy (non-hydrogen) atoms. The smallest absolute Gasteiger partial charge is 0.135 e. The van der Waals surface area contributed by atoms with E-state index in [2.05, 4.69) is 542 Å². The molecule has 2 aromatic heterocycles. The topological polar surface area (TPSA) is 24.6 Å². The van der Waals surface area contributed by atoms with Gasteiger partial charge in [-0.3, -0.25) is 0 Å². The molecule has 0 bridgehead atoms. The molecule has 2 heterocycles. The molecule has 4 unspecified atom stereocenters. The summed E-state index contributed by atoms with van der Waals surface area (Å²) in [5.41, 5.74) is 40.3. The lowest BCUT2D eigenvalue weighted by Crippen LogP contribution is -2.44. The molecule has 28 rings (SSSR count). The lowest BCUT2D eigenvalue weighted by molar-refractivity contribution is 0.626. The first-order valence-electron chi connectivity index (χ1n) is 47.9. The number of rotatable bonds is 15. The van der Waals surface area contributed by atoms with E-state index < -0.39 is 21.7 Å². The first-order valence-corrected chi connectivity index (χ1v) is 47.9. The van der Waals surface area contributed by atoms with Crippen LogP contribution in [0.3, 0.4) is 0 Å². The van der Waals surface area contributed by atoms with E-state index in [1.807, 2.05) is 12.1 Å². The first kappa shape index (κ1) is 80.0. The number of para-hydroxylation sites is 3. The van der Waals surface area contributed by atoms with Crippen LogP contribution < -0.4 is 9.80 Å². The standard InChI is InChI=1S/C72H48N2.C62H41NO/c1-4-19-49(20-5-1)51-35-40-56(41-36-51)73(59-45-46-69-63(48-59)61-28-13-17-34-68(61)74(69)58-42-37-50-21-10-11-22-52(50)47-58)57-43-38-55(39-44-57)71(53-23-6-2-7-24-53)65-31-15-16-32-66(65)72(54-25-8-3-9-26-54)64-30-14-12-27-60(64)62-29-18-33-67(71)70(62)72;1-4-17-44(18-5-1)61(55-27-13-14-28-56(55)62(45-19-6-2-7-20-45)54-26-12-10-23-50(54)52-25-16-29-57(61)60(52)62)46-34-38-49(39-35-46)63(47-21-8-3-9-22-47)48-36-31-42(32-37-48)43-33-40-59-53(41-43)51-24-11-15-30-58(51)64-59/h1-48H;1-41H. The Balaban J connectivity index is 0.000000141. The fraction of sp³-hybridized carbons (Fsp3) is 0.0299. The molecule has 22 aromatic carbocycles. The highest BCUT2D eigenvalue weighted by molar-refractivity contribution is 6.12. The van der Waals surface area contributed by atoms with Crippen molar-refractivity contribution in [3.8, 4) is 50.2 Å². The van der Waals surface area contributed by atoms with Gasteiger partial charge in [0.15, 0.2) is 0 Å². The van der Waals surface area contributed by atoms with Crippen LogP contribution in [0.25, 0.3) is 105 Å². The van der Waals surface area contributed by atoms with Gasteiger partial charge < -0.3 is 18.8 Å². The molecule has 0 amide bonds. The van der Waals surface area contributed by atoms with Gasteiger partial charge >= 0.3 is 0 Å². The number of hydrogen-bond donors (Lipinski definition) is 0. The summed E-state index contributed by atoms with van der Waals surface area (Å²) in [6.07, 6.45) is 0. The van der Waals surface area contributed by atoms with E-state index in [4.69, 9.17) is 4.42 Å². The quantitative estimate of drug-likeness (QED) is 0.102. The molecule has 0 aliphatic heterocycles. The third-order valence-corrected chi connectivity index (χ3v) is 30.3. The Morgan fingerprint density at radius 1 is 0.174 bits per heavy atom.